The summed E-state index contributed by atoms with van der Waals surface area (Å²) in [6.07, 6.45) is 9.51. The molecule has 5 nitrogen and oxygen atoms in total. The fraction of sp³-hybridized carbons (Fsp3) is 0.737. The Labute approximate surface area is 156 Å². The highest BCUT2D eigenvalue weighted by atomic mass is 32.1. The lowest BCUT2D eigenvalue weighted by Gasteiger charge is -2.34. The highest BCUT2D eigenvalue weighted by Gasteiger charge is 2.31. The van der Waals surface area contributed by atoms with Crippen LogP contribution in [-0.2, 0) is 14.4 Å². The molecule has 0 saturated carbocycles. The predicted molar refractivity (Wildman–Crippen MR) is 101 cm³/mol. The topological polar surface area (TPSA) is 57.7 Å². The summed E-state index contributed by atoms with van der Waals surface area (Å²) in [5.41, 5.74) is 0. The van der Waals surface area contributed by atoms with E-state index in [9.17, 15) is 14.4 Å². The monoisotopic (exact) mass is 366 g/mol. The standard InChI is InChI=1S/C19H30N2O3S/c1-14(13-21-17(22)7-8-18(21)23)19(24)20-11-9-16(10-12-20)6-4-3-5-15(2)25/h7-8,14-16,25H,3-6,9-13H2,1-2H3. The summed E-state index contributed by atoms with van der Waals surface area (Å²) in [5.74, 6) is -0.227. The maximum absolute atomic E-state index is 12.6. The minimum absolute atomic E-state index is 0.0508. The molecule has 25 heavy (non-hydrogen) atoms. The van der Waals surface area contributed by atoms with Gasteiger partial charge in [-0.15, -0.1) is 0 Å². The molecule has 0 bridgehead atoms. The number of hydrogen-bond acceptors (Lipinski definition) is 4. The van der Waals surface area contributed by atoms with E-state index in [0.29, 0.717) is 11.2 Å². The fourth-order valence-corrected chi connectivity index (χ4v) is 3.77. The van der Waals surface area contributed by atoms with E-state index >= 15 is 0 Å². The van der Waals surface area contributed by atoms with E-state index in [2.05, 4.69) is 19.6 Å². The van der Waals surface area contributed by atoms with Gasteiger partial charge in [-0.2, -0.15) is 12.6 Å². The van der Waals surface area contributed by atoms with Crippen LogP contribution in [0.1, 0.15) is 52.4 Å². The van der Waals surface area contributed by atoms with Gasteiger partial charge in [0.15, 0.2) is 0 Å². The van der Waals surface area contributed by atoms with Gasteiger partial charge in [0.1, 0.15) is 0 Å². The summed E-state index contributed by atoms with van der Waals surface area (Å²) in [6, 6.07) is 0. The van der Waals surface area contributed by atoms with Crippen molar-refractivity contribution in [1.29, 1.82) is 0 Å². The summed E-state index contributed by atoms with van der Waals surface area (Å²) >= 11 is 4.41. The number of nitrogens with zero attached hydrogens (tertiary/aromatic N) is 2. The van der Waals surface area contributed by atoms with Crippen molar-refractivity contribution in [2.45, 2.75) is 57.6 Å². The van der Waals surface area contributed by atoms with Gasteiger partial charge in [-0.25, -0.2) is 0 Å². The molecule has 2 aliphatic rings. The molecule has 0 aromatic heterocycles. The van der Waals surface area contributed by atoms with Gasteiger partial charge in [0.05, 0.1) is 5.92 Å². The Hall–Kier alpha value is -1.30. The Kier molecular flexibility index (Phi) is 7.54. The molecule has 1 fully saturated rings. The van der Waals surface area contributed by atoms with Gasteiger partial charge in [-0.1, -0.05) is 33.1 Å². The van der Waals surface area contributed by atoms with Crippen LogP contribution >= 0.6 is 12.6 Å². The number of piperidine rings is 1. The van der Waals surface area contributed by atoms with Crippen LogP contribution in [0.25, 0.3) is 0 Å². The molecule has 2 heterocycles. The van der Waals surface area contributed by atoms with Crippen LogP contribution in [-0.4, -0.2) is 52.4 Å². The second-order valence-electron chi connectivity index (χ2n) is 7.42. The summed E-state index contributed by atoms with van der Waals surface area (Å²) < 4.78 is 0. The number of carbonyl (C=O) groups excluding carboxylic acids is 3. The van der Waals surface area contributed by atoms with Crippen molar-refractivity contribution in [2.75, 3.05) is 19.6 Å². The Morgan fingerprint density at radius 3 is 2.32 bits per heavy atom. The number of thiol groups is 1. The molecular weight excluding hydrogens is 336 g/mol. The molecule has 0 aromatic carbocycles. The molecule has 2 atom stereocenters. The van der Waals surface area contributed by atoms with Gasteiger partial charge in [0.25, 0.3) is 11.8 Å². The third-order valence-electron chi connectivity index (χ3n) is 5.19. The minimum Gasteiger partial charge on any atom is -0.342 e. The second kappa shape index (κ2) is 9.41. The van der Waals surface area contributed by atoms with Crippen molar-refractivity contribution in [3.63, 3.8) is 0 Å². The Morgan fingerprint density at radius 2 is 1.76 bits per heavy atom. The Morgan fingerprint density at radius 1 is 1.16 bits per heavy atom. The highest BCUT2D eigenvalue weighted by Crippen LogP contribution is 2.24. The Bertz CT molecular complexity index is 507. The van der Waals surface area contributed by atoms with E-state index in [1.165, 1.54) is 37.8 Å². The average molecular weight is 367 g/mol. The zero-order valence-corrected chi connectivity index (χ0v) is 16.2. The first-order chi connectivity index (χ1) is 11.9. The van der Waals surface area contributed by atoms with Crippen LogP contribution in [0.15, 0.2) is 12.2 Å². The van der Waals surface area contributed by atoms with Gasteiger partial charge in [0, 0.05) is 31.8 Å². The van der Waals surface area contributed by atoms with E-state index < -0.39 is 0 Å². The van der Waals surface area contributed by atoms with E-state index in [4.69, 9.17) is 0 Å². The molecule has 2 unspecified atom stereocenters. The molecule has 0 N–H and O–H groups in total. The van der Waals surface area contributed by atoms with Gasteiger partial charge in [-0.05, 0) is 30.4 Å². The number of rotatable bonds is 8. The number of carbonyl (C=O) groups is 3. The summed E-state index contributed by atoms with van der Waals surface area (Å²) in [6.45, 7) is 5.68. The first-order valence-electron chi connectivity index (χ1n) is 9.39. The average Bonchev–Trinajstić information content (AvgIpc) is 2.90. The second-order valence-corrected chi connectivity index (χ2v) is 8.31. The number of likely N-dealkylation sites (tertiary alicyclic amines) is 1. The number of hydrogen-bond donors (Lipinski definition) is 1. The van der Waals surface area contributed by atoms with Gasteiger partial charge in [0.2, 0.25) is 5.91 Å². The molecule has 0 radical (unpaired) electrons. The zero-order valence-electron chi connectivity index (χ0n) is 15.3. The molecule has 0 aromatic rings. The van der Waals surface area contributed by atoms with Crippen LogP contribution < -0.4 is 0 Å². The van der Waals surface area contributed by atoms with Gasteiger partial charge in [-0.3, -0.25) is 19.3 Å². The lowest BCUT2D eigenvalue weighted by Crippen LogP contribution is -2.45. The molecule has 0 spiro atoms. The molecule has 0 aliphatic carbocycles. The van der Waals surface area contributed by atoms with Gasteiger partial charge < -0.3 is 4.90 Å². The van der Waals surface area contributed by atoms with E-state index in [1.54, 1.807) is 6.92 Å². The van der Waals surface area contributed by atoms with Crippen molar-refractivity contribution >= 4 is 30.4 Å². The number of amides is 3. The first-order valence-corrected chi connectivity index (χ1v) is 9.90. The minimum atomic E-state index is -0.346. The van der Waals surface area contributed by atoms with Crippen molar-refractivity contribution in [2.24, 2.45) is 11.8 Å². The summed E-state index contributed by atoms with van der Waals surface area (Å²) in [7, 11) is 0. The third-order valence-corrected chi connectivity index (χ3v) is 5.45. The molecule has 6 heteroatoms. The maximum atomic E-state index is 12.6. The van der Waals surface area contributed by atoms with Crippen molar-refractivity contribution in [3.05, 3.63) is 12.2 Å². The SMILES string of the molecule is CC(S)CCCCC1CCN(C(=O)C(C)CN2C(=O)C=CC2=O)CC1. The molecule has 2 aliphatic heterocycles. The quantitative estimate of drug-likeness (QED) is 0.408. The highest BCUT2D eigenvalue weighted by molar-refractivity contribution is 7.80. The predicted octanol–water partition coefficient (Wildman–Crippen LogP) is 2.66. The number of unbranched alkanes of at least 4 members (excludes halogenated alkanes) is 1. The van der Waals surface area contributed by atoms with E-state index in [1.807, 2.05) is 4.90 Å². The largest absolute Gasteiger partial charge is 0.342 e. The van der Waals surface area contributed by atoms with Crippen LogP contribution in [0.4, 0.5) is 0 Å². The molecule has 1 saturated heterocycles. The van der Waals surface area contributed by atoms with Crippen molar-refractivity contribution in [3.8, 4) is 0 Å². The van der Waals surface area contributed by atoms with Crippen molar-refractivity contribution in [1.82, 2.24) is 9.80 Å². The molecule has 2 rings (SSSR count). The van der Waals surface area contributed by atoms with E-state index in [-0.39, 0.29) is 30.2 Å². The van der Waals surface area contributed by atoms with Crippen LogP contribution in [0.2, 0.25) is 0 Å². The fourth-order valence-electron chi connectivity index (χ4n) is 3.59. The zero-order chi connectivity index (χ0) is 18.4. The van der Waals surface area contributed by atoms with Crippen LogP contribution in [0.3, 0.4) is 0 Å². The first kappa shape index (κ1) is 20.0. The molecule has 3 amide bonds. The third kappa shape index (κ3) is 5.87. The van der Waals surface area contributed by atoms with Gasteiger partial charge >= 0.3 is 0 Å². The Balaban J connectivity index is 1.70. The summed E-state index contributed by atoms with van der Waals surface area (Å²) in [5, 5.41) is 0.477. The summed E-state index contributed by atoms with van der Waals surface area (Å²) in [4.78, 5) is 38.9. The molecule has 140 valence electrons. The maximum Gasteiger partial charge on any atom is 0.253 e. The lowest BCUT2D eigenvalue weighted by atomic mass is 9.90. The van der Waals surface area contributed by atoms with Crippen LogP contribution in [0.5, 0.6) is 0 Å². The normalized spacial score (nSPS) is 21.1. The van der Waals surface area contributed by atoms with Crippen molar-refractivity contribution < 1.29 is 14.4 Å². The lowest BCUT2D eigenvalue weighted by molar-refractivity contribution is -0.141. The number of imide groups is 1. The smallest absolute Gasteiger partial charge is 0.253 e. The van der Waals surface area contributed by atoms with E-state index in [0.717, 1.165) is 30.8 Å². The van der Waals surface area contributed by atoms with Crippen LogP contribution in [0, 0.1) is 11.8 Å². The molecular formula is C19H30N2O3S.